The fourth-order valence-corrected chi connectivity index (χ4v) is 0.0906. The summed E-state index contributed by atoms with van der Waals surface area (Å²) in [5.74, 6) is -0.502. The van der Waals surface area contributed by atoms with E-state index in [-0.39, 0.29) is 18.6 Å². The minimum Gasteiger partial charge on any atom is -0.560 e. The van der Waals surface area contributed by atoms with Gasteiger partial charge in [0.05, 0.1) is 0 Å². The van der Waals surface area contributed by atoms with Crippen LogP contribution in [0.2, 0.25) is 0 Å². The minimum absolute atomic E-state index is 0. The first-order valence-corrected chi connectivity index (χ1v) is 1.60. The van der Waals surface area contributed by atoms with Crippen molar-refractivity contribution in [2.24, 2.45) is 10.9 Å². The SMILES string of the molecule is CC(=O)ON=[C-]N.[V]. The second kappa shape index (κ2) is 6.52. The maximum atomic E-state index is 9.79. The molecule has 0 heterocycles. The van der Waals surface area contributed by atoms with Crippen LogP contribution in [0.15, 0.2) is 5.16 Å². The Morgan fingerprint density at radius 1 is 1.88 bits per heavy atom. The summed E-state index contributed by atoms with van der Waals surface area (Å²) >= 11 is 0. The first kappa shape index (κ1) is 10.5. The number of nitrogens with zero attached hydrogens (tertiary/aromatic N) is 1. The van der Waals surface area contributed by atoms with Crippen LogP contribution in [0, 0.1) is 0 Å². The monoisotopic (exact) mass is 152 g/mol. The van der Waals surface area contributed by atoms with Crippen LogP contribution in [0.25, 0.3) is 0 Å². The van der Waals surface area contributed by atoms with Crippen molar-refractivity contribution in [1.82, 2.24) is 0 Å². The van der Waals surface area contributed by atoms with Gasteiger partial charge in [0.25, 0.3) is 0 Å². The molecule has 0 bridgehead atoms. The standard InChI is InChI=1S/C3H5N2O2.V/c1-3(6)7-5-2-4;/h1H3,(H2,4,5);/q-1;. The molecule has 0 atom stereocenters. The summed E-state index contributed by atoms with van der Waals surface area (Å²) in [6.07, 6.45) is 1.78. The number of hydrogen-bond acceptors (Lipinski definition) is 3. The van der Waals surface area contributed by atoms with Gasteiger partial charge in [-0.05, 0) is 0 Å². The number of hydrogen-bond donors (Lipinski definition) is 1. The van der Waals surface area contributed by atoms with Gasteiger partial charge in [0.15, 0.2) is 0 Å². The molecule has 0 aromatic carbocycles. The molecular weight excluding hydrogens is 147 g/mol. The van der Waals surface area contributed by atoms with Crippen LogP contribution in [0.5, 0.6) is 0 Å². The summed E-state index contributed by atoms with van der Waals surface area (Å²) in [4.78, 5) is 13.7. The quantitative estimate of drug-likeness (QED) is 0.135. The van der Waals surface area contributed by atoms with Crippen molar-refractivity contribution in [2.75, 3.05) is 0 Å². The van der Waals surface area contributed by atoms with E-state index < -0.39 is 5.97 Å². The van der Waals surface area contributed by atoms with Crippen LogP contribution >= 0.6 is 0 Å². The van der Waals surface area contributed by atoms with Crippen molar-refractivity contribution in [1.29, 1.82) is 0 Å². The van der Waals surface area contributed by atoms with Crippen LogP contribution in [0.1, 0.15) is 6.92 Å². The average molecular weight is 152 g/mol. The van der Waals surface area contributed by atoms with Crippen molar-refractivity contribution < 1.29 is 28.2 Å². The Bertz CT molecular complexity index is 93.3. The molecule has 45 valence electrons. The van der Waals surface area contributed by atoms with Gasteiger partial charge in [-0.1, -0.05) is 0 Å². The fourth-order valence-electron chi connectivity index (χ4n) is 0.0906. The molecule has 0 aromatic heterocycles. The van der Waals surface area contributed by atoms with E-state index in [2.05, 4.69) is 15.7 Å². The number of carbonyl (C=O) groups is 1. The van der Waals surface area contributed by atoms with Crippen molar-refractivity contribution in [3.05, 3.63) is 0 Å². The predicted molar refractivity (Wildman–Crippen MR) is 23.4 cm³/mol. The van der Waals surface area contributed by atoms with E-state index in [1.54, 1.807) is 6.34 Å². The topological polar surface area (TPSA) is 64.7 Å². The Morgan fingerprint density at radius 3 is 2.50 bits per heavy atom. The Labute approximate surface area is 58.9 Å². The van der Waals surface area contributed by atoms with Crippen LogP contribution < -0.4 is 5.73 Å². The number of carbonyl (C=O) groups excluding carboxylic acids is 1. The Balaban J connectivity index is 0. The molecule has 0 rings (SSSR count). The second-order valence-corrected chi connectivity index (χ2v) is 0.803. The van der Waals surface area contributed by atoms with E-state index in [1.807, 2.05) is 0 Å². The van der Waals surface area contributed by atoms with Crippen molar-refractivity contribution in [3.8, 4) is 0 Å². The second-order valence-electron chi connectivity index (χ2n) is 0.803. The molecule has 5 heteroatoms. The molecule has 0 aromatic rings. The molecule has 0 saturated carbocycles. The van der Waals surface area contributed by atoms with Gasteiger partial charge in [-0.25, -0.2) is 0 Å². The molecule has 0 aliphatic carbocycles. The molecule has 0 unspecified atom stereocenters. The molecule has 0 aliphatic heterocycles. The third kappa shape index (κ3) is 9.10. The summed E-state index contributed by atoms with van der Waals surface area (Å²) in [6, 6.07) is 0. The van der Waals surface area contributed by atoms with Crippen LogP contribution in [0.3, 0.4) is 0 Å². The average Bonchev–Trinajstić information content (AvgIpc) is 1.61. The summed E-state index contributed by atoms with van der Waals surface area (Å²) in [6.45, 7) is 1.22. The molecule has 1 radical (unpaired) electrons. The fraction of sp³-hybridized carbons (Fsp3) is 0.333. The van der Waals surface area contributed by atoms with Crippen molar-refractivity contribution >= 4 is 12.3 Å². The molecule has 0 aliphatic rings. The number of nitrogens with two attached hydrogens (primary N) is 1. The zero-order chi connectivity index (χ0) is 5.70. The Kier molecular flexibility index (Phi) is 8.56. The van der Waals surface area contributed by atoms with Crippen LogP contribution in [-0.4, -0.2) is 12.3 Å². The van der Waals surface area contributed by atoms with E-state index in [9.17, 15) is 4.79 Å². The third-order valence-electron chi connectivity index (χ3n) is 0.227. The van der Waals surface area contributed by atoms with Gasteiger partial charge >= 0.3 is 5.97 Å². The summed E-state index contributed by atoms with van der Waals surface area (Å²) in [7, 11) is 0. The van der Waals surface area contributed by atoms with Gasteiger partial charge in [0, 0.05) is 25.5 Å². The minimum atomic E-state index is -0.502. The Hall–Kier alpha value is -0.476. The van der Waals surface area contributed by atoms with Gasteiger partial charge in [-0.3, -0.25) is 16.3 Å². The van der Waals surface area contributed by atoms with Gasteiger partial charge < -0.3 is 10.6 Å². The first-order chi connectivity index (χ1) is 3.27. The first-order valence-electron chi connectivity index (χ1n) is 1.60. The molecule has 0 fully saturated rings. The predicted octanol–water partition coefficient (Wildman–Crippen LogP) is -0.674. The van der Waals surface area contributed by atoms with Crippen LogP contribution in [-0.2, 0) is 28.2 Å². The summed E-state index contributed by atoms with van der Waals surface area (Å²) in [5, 5.41) is 2.85. The number of rotatable bonds is 1. The molecule has 0 amide bonds. The van der Waals surface area contributed by atoms with E-state index in [0.29, 0.717) is 0 Å². The third-order valence-corrected chi connectivity index (χ3v) is 0.227. The summed E-state index contributed by atoms with van der Waals surface area (Å²) in [5.41, 5.74) is 4.58. The molecule has 4 nitrogen and oxygen atoms in total. The largest absolute Gasteiger partial charge is 0.560 e. The maximum Gasteiger partial charge on any atom is 0.327 e. The van der Waals surface area contributed by atoms with Gasteiger partial charge in [0.2, 0.25) is 0 Å². The van der Waals surface area contributed by atoms with Gasteiger partial charge in [-0.2, -0.15) is 0 Å². The van der Waals surface area contributed by atoms with Crippen molar-refractivity contribution in [3.63, 3.8) is 0 Å². The van der Waals surface area contributed by atoms with Crippen molar-refractivity contribution in [2.45, 2.75) is 6.92 Å². The molecule has 0 spiro atoms. The Morgan fingerprint density at radius 2 is 2.38 bits per heavy atom. The zero-order valence-electron chi connectivity index (χ0n) is 4.29. The molecule has 0 saturated heterocycles. The molecular formula is C3H5N2O2V-. The zero-order valence-corrected chi connectivity index (χ0v) is 5.68. The molecule has 2 N–H and O–H groups in total. The molecule has 8 heavy (non-hydrogen) atoms. The maximum absolute atomic E-state index is 9.79. The van der Waals surface area contributed by atoms with Gasteiger partial charge in [0.1, 0.15) is 0 Å². The normalized spacial score (nSPS) is 8.12. The van der Waals surface area contributed by atoms with E-state index in [0.717, 1.165) is 0 Å². The van der Waals surface area contributed by atoms with Crippen LogP contribution in [0.4, 0.5) is 0 Å². The smallest absolute Gasteiger partial charge is 0.327 e. The van der Waals surface area contributed by atoms with E-state index in [4.69, 9.17) is 0 Å². The van der Waals surface area contributed by atoms with E-state index in [1.165, 1.54) is 6.92 Å². The van der Waals surface area contributed by atoms with E-state index >= 15 is 0 Å². The summed E-state index contributed by atoms with van der Waals surface area (Å²) < 4.78 is 0. The van der Waals surface area contributed by atoms with Gasteiger partial charge in [-0.15, -0.1) is 0 Å².